The fraction of sp³-hybridized carbons (Fsp3) is 0.600. The topological polar surface area (TPSA) is 61.4 Å². The Kier molecular flexibility index (Phi) is 5.74. The van der Waals surface area contributed by atoms with Crippen molar-refractivity contribution in [3.05, 3.63) is 35.9 Å². The summed E-state index contributed by atoms with van der Waals surface area (Å²) in [5, 5.41) is 6.75. The van der Waals surface area contributed by atoms with Crippen LogP contribution in [0, 0.1) is 5.92 Å². The number of benzene rings is 1. The van der Waals surface area contributed by atoms with Crippen LogP contribution in [-0.2, 0) is 9.59 Å². The number of piperidine rings is 1. The van der Waals surface area contributed by atoms with E-state index in [1.165, 1.54) is 0 Å². The number of hydrogen-bond donors (Lipinski definition) is 2. The van der Waals surface area contributed by atoms with E-state index in [4.69, 9.17) is 0 Å². The number of hydrogen-bond acceptors (Lipinski definition) is 3. The second-order valence-corrected chi connectivity index (χ2v) is 7.32. The van der Waals surface area contributed by atoms with E-state index in [1.807, 2.05) is 35.2 Å². The second kappa shape index (κ2) is 8.00. The molecule has 1 saturated carbocycles. The van der Waals surface area contributed by atoms with Crippen LogP contribution in [-0.4, -0.2) is 41.9 Å². The minimum Gasteiger partial charge on any atom is -0.352 e. The molecule has 136 valence electrons. The van der Waals surface area contributed by atoms with Crippen molar-refractivity contribution in [2.24, 2.45) is 5.92 Å². The SMILES string of the molecule is CC[C@@H]1CN(C(C)=O)CC[C@H]1N[C@H](C(=O)NC1CC1)c1ccccc1. The highest BCUT2D eigenvalue weighted by Crippen LogP contribution is 2.25. The monoisotopic (exact) mass is 343 g/mol. The third-order valence-corrected chi connectivity index (χ3v) is 5.40. The van der Waals surface area contributed by atoms with Gasteiger partial charge in [0.15, 0.2) is 0 Å². The Bertz CT molecular complexity index is 600. The van der Waals surface area contributed by atoms with Gasteiger partial charge >= 0.3 is 0 Å². The maximum absolute atomic E-state index is 12.8. The van der Waals surface area contributed by atoms with E-state index < -0.39 is 0 Å². The first kappa shape index (κ1) is 17.9. The molecule has 0 unspecified atom stereocenters. The predicted octanol–water partition coefficient (Wildman–Crippen LogP) is 2.24. The summed E-state index contributed by atoms with van der Waals surface area (Å²) in [5.74, 6) is 0.582. The Morgan fingerprint density at radius 2 is 1.92 bits per heavy atom. The molecular formula is C20H29N3O2. The fourth-order valence-electron chi connectivity index (χ4n) is 3.65. The first-order valence-corrected chi connectivity index (χ1v) is 9.45. The third kappa shape index (κ3) is 4.60. The summed E-state index contributed by atoms with van der Waals surface area (Å²) >= 11 is 0. The minimum absolute atomic E-state index is 0.0672. The van der Waals surface area contributed by atoms with E-state index in [1.54, 1.807) is 6.92 Å². The zero-order valence-corrected chi connectivity index (χ0v) is 15.2. The van der Waals surface area contributed by atoms with Crippen LogP contribution in [0.2, 0.25) is 0 Å². The quantitative estimate of drug-likeness (QED) is 0.833. The van der Waals surface area contributed by atoms with Gasteiger partial charge in [-0.1, -0.05) is 43.7 Å². The molecule has 3 atom stereocenters. The van der Waals surface area contributed by atoms with Gasteiger partial charge < -0.3 is 10.2 Å². The fourth-order valence-corrected chi connectivity index (χ4v) is 3.65. The molecule has 1 aromatic rings. The lowest BCUT2D eigenvalue weighted by molar-refractivity contribution is -0.131. The van der Waals surface area contributed by atoms with Gasteiger partial charge in [-0.15, -0.1) is 0 Å². The average molecular weight is 343 g/mol. The molecule has 5 heteroatoms. The lowest BCUT2D eigenvalue weighted by Gasteiger charge is -2.40. The number of amides is 2. The van der Waals surface area contributed by atoms with Crippen molar-refractivity contribution in [2.75, 3.05) is 13.1 Å². The molecular weight excluding hydrogens is 314 g/mol. The van der Waals surface area contributed by atoms with Gasteiger partial charge in [-0.3, -0.25) is 14.9 Å². The van der Waals surface area contributed by atoms with E-state index in [0.717, 1.165) is 44.3 Å². The van der Waals surface area contributed by atoms with Gasteiger partial charge in [-0.2, -0.15) is 0 Å². The molecule has 2 amide bonds. The van der Waals surface area contributed by atoms with E-state index in [0.29, 0.717) is 12.0 Å². The molecule has 25 heavy (non-hydrogen) atoms. The molecule has 0 aromatic heterocycles. The zero-order chi connectivity index (χ0) is 17.8. The standard InChI is InChI=1S/C20H29N3O2/c1-3-15-13-23(14(2)24)12-11-18(15)22-19(16-7-5-4-6-8-16)20(25)21-17-9-10-17/h4-8,15,17-19,22H,3,9-13H2,1-2H3,(H,21,25)/t15-,18-,19+/m1/s1. The van der Waals surface area contributed by atoms with Gasteiger partial charge in [0.1, 0.15) is 6.04 Å². The molecule has 1 heterocycles. The molecule has 3 rings (SSSR count). The highest BCUT2D eigenvalue weighted by molar-refractivity contribution is 5.83. The van der Waals surface area contributed by atoms with Crippen molar-refractivity contribution in [3.63, 3.8) is 0 Å². The molecule has 0 bridgehead atoms. The van der Waals surface area contributed by atoms with Crippen LogP contribution in [0.1, 0.15) is 51.1 Å². The van der Waals surface area contributed by atoms with Crippen LogP contribution >= 0.6 is 0 Å². The molecule has 1 aliphatic heterocycles. The summed E-state index contributed by atoms with van der Waals surface area (Å²) in [4.78, 5) is 26.4. The number of rotatable bonds is 6. The van der Waals surface area contributed by atoms with Crippen molar-refractivity contribution >= 4 is 11.8 Å². The zero-order valence-electron chi connectivity index (χ0n) is 15.2. The van der Waals surface area contributed by atoms with Crippen molar-refractivity contribution in [1.29, 1.82) is 0 Å². The summed E-state index contributed by atoms with van der Waals surface area (Å²) < 4.78 is 0. The third-order valence-electron chi connectivity index (χ3n) is 5.40. The van der Waals surface area contributed by atoms with Crippen LogP contribution in [0.4, 0.5) is 0 Å². The molecule has 2 N–H and O–H groups in total. The lowest BCUT2D eigenvalue weighted by Crippen LogP contribution is -2.53. The van der Waals surface area contributed by atoms with Gasteiger partial charge in [-0.05, 0) is 30.7 Å². The molecule has 1 aromatic carbocycles. The van der Waals surface area contributed by atoms with Crippen LogP contribution in [0.25, 0.3) is 0 Å². The Morgan fingerprint density at radius 1 is 1.20 bits per heavy atom. The highest BCUT2D eigenvalue weighted by Gasteiger charge is 2.34. The Hall–Kier alpha value is -1.88. The van der Waals surface area contributed by atoms with Crippen LogP contribution < -0.4 is 10.6 Å². The van der Waals surface area contributed by atoms with Crippen LogP contribution in [0.5, 0.6) is 0 Å². The summed E-state index contributed by atoms with van der Waals surface area (Å²) in [6.45, 7) is 5.33. The van der Waals surface area contributed by atoms with Gasteiger partial charge in [-0.25, -0.2) is 0 Å². The van der Waals surface area contributed by atoms with E-state index in [9.17, 15) is 9.59 Å². The van der Waals surface area contributed by atoms with Crippen molar-refractivity contribution < 1.29 is 9.59 Å². The number of nitrogens with zero attached hydrogens (tertiary/aromatic N) is 1. The Morgan fingerprint density at radius 3 is 2.52 bits per heavy atom. The maximum Gasteiger partial charge on any atom is 0.241 e. The van der Waals surface area contributed by atoms with Crippen LogP contribution in [0.15, 0.2) is 30.3 Å². The van der Waals surface area contributed by atoms with Crippen molar-refractivity contribution in [2.45, 2.75) is 57.7 Å². The minimum atomic E-state index is -0.329. The Labute approximate surface area is 150 Å². The number of nitrogens with one attached hydrogen (secondary N) is 2. The summed E-state index contributed by atoms with van der Waals surface area (Å²) in [5.41, 5.74) is 1.00. The van der Waals surface area contributed by atoms with Crippen molar-refractivity contribution in [3.8, 4) is 0 Å². The second-order valence-electron chi connectivity index (χ2n) is 7.32. The average Bonchev–Trinajstić information content (AvgIpc) is 3.44. The smallest absolute Gasteiger partial charge is 0.241 e. The number of likely N-dealkylation sites (tertiary alicyclic amines) is 1. The molecule has 2 fully saturated rings. The molecule has 2 aliphatic rings. The largest absolute Gasteiger partial charge is 0.352 e. The number of carbonyl (C=O) groups excluding carboxylic acids is 2. The molecule has 1 saturated heterocycles. The molecule has 0 radical (unpaired) electrons. The van der Waals surface area contributed by atoms with Crippen molar-refractivity contribution in [1.82, 2.24) is 15.5 Å². The van der Waals surface area contributed by atoms with Gasteiger partial charge in [0.2, 0.25) is 11.8 Å². The summed E-state index contributed by atoms with van der Waals surface area (Å²) in [7, 11) is 0. The van der Waals surface area contributed by atoms with Gasteiger partial charge in [0.05, 0.1) is 0 Å². The predicted molar refractivity (Wildman–Crippen MR) is 97.9 cm³/mol. The van der Waals surface area contributed by atoms with Crippen LogP contribution in [0.3, 0.4) is 0 Å². The highest BCUT2D eigenvalue weighted by atomic mass is 16.2. The van der Waals surface area contributed by atoms with E-state index in [-0.39, 0.29) is 23.9 Å². The molecule has 5 nitrogen and oxygen atoms in total. The number of carbonyl (C=O) groups is 2. The van der Waals surface area contributed by atoms with E-state index in [2.05, 4.69) is 17.6 Å². The summed E-state index contributed by atoms with van der Waals surface area (Å²) in [6.07, 6.45) is 4.05. The first-order chi connectivity index (χ1) is 12.1. The maximum atomic E-state index is 12.8. The van der Waals surface area contributed by atoms with Gasteiger partial charge in [0, 0.05) is 32.1 Å². The van der Waals surface area contributed by atoms with Gasteiger partial charge in [0.25, 0.3) is 0 Å². The summed E-state index contributed by atoms with van der Waals surface area (Å²) in [6, 6.07) is 10.2. The Balaban J connectivity index is 1.72. The lowest BCUT2D eigenvalue weighted by atomic mass is 9.88. The normalized spacial score (nSPS) is 24.6. The first-order valence-electron chi connectivity index (χ1n) is 9.45. The van der Waals surface area contributed by atoms with E-state index >= 15 is 0 Å². The molecule has 1 aliphatic carbocycles. The molecule has 0 spiro atoms.